The van der Waals surface area contributed by atoms with Crippen molar-refractivity contribution in [3.8, 4) is 11.1 Å². The van der Waals surface area contributed by atoms with E-state index in [4.69, 9.17) is 4.74 Å². The average Bonchev–Trinajstić information content (AvgIpc) is 3.28. The molecule has 0 spiro atoms. The second-order valence-corrected chi connectivity index (χ2v) is 8.48. The van der Waals surface area contributed by atoms with Crippen LogP contribution in [0.2, 0.25) is 0 Å². The Labute approximate surface area is 165 Å². The van der Waals surface area contributed by atoms with Gasteiger partial charge in [-0.2, -0.15) is 0 Å². The summed E-state index contributed by atoms with van der Waals surface area (Å²) < 4.78 is 19.4. The summed E-state index contributed by atoms with van der Waals surface area (Å²) >= 11 is 0. The Balaban J connectivity index is 1.36. The molecule has 4 heteroatoms. The smallest absolute Gasteiger partial charge is 0.310 e. The van der Waals surface area contributed by atoms with Gasteiger partial charge < -0.3 is 4.74 Å². The van der Waals surface area contributed by atoms with Crippen LogP contribution in [0.5, 0.6) is 0 Å². The van der Waals surface area contributed by atoms with E-state index >= 15 is 0 Å². The number of rotatable bonds is 4. The van der Waals surface area contributed by atoms with Crippen LogP contribution >= 0.6 is 0 Å². The van der Waals surface area contributed by atoms with Crippen molar-refractivity contribution in [1.29, 1.82) is 0 Å². The van der Waals surface area contributed by atoms with Crippen molar-refractivity contribution in [2.24, 2.45) is 5.92 Å². The van der Waals surface area contributed by atoms with Crippen LogP contribution in [-0.2, 0) is 16.0 Å². The van der Waals surface area contributed by atoms with Crippen molar-refractivity contribution in [3.05, 3.63) is 58.9 Å². The first-order valence-corrected chi connectivity index (χ1v) is 10.4. The van der Waals surface area contributed by atoms with E-state index in [9.17, 15) is 9.18 Å². The molecular formula is C24H26FNO2. The van der Waals surface area contributed by atoms with Crippen molar-refractivity contribution in [1.82, 2.24) is 4.90 Å². The second kappa shape index (κ2) is 7.00. The zero-order chi connectivity index (χ0) is 19.3. The summed E-state index contributed by atoms with van der Waals surface area (Å²) in [6.45, 7) is 1.73. The van der Waals surface area contributed by atoms with Gasteiger partial charge in [0.15, 0.2) is 0 Å². The summed E-state index contributed by atoms with van der Waals surface area (Å²) in [4.78, 5) is 14.3. The first-order chi connectivity index (χ1) is 13.6. The van der Waals surface area contributed by atoms with E-state index < -0.39 is 0 Å². The molecule has 1 unspecified atom stereocenters. The third kappa shape index (κ3) is 3.14. The lowest BCUT2D eigenvalue weighted by Crippen LogP contribution is -2.27. The zero-order valence-corrected chi connectivity index (χ0v) is 16.3. The van der Waals surface area contributed by atoms with Crippen LogP contribution in [0.3, 0.4) is 0 Å². The summed E-state index contributed by atoms with van der Waals surface area (Å²) in [6, 6.07) is 12.7. The van der Waals surface area contributed by atoms with Crippen LogP contribution in [-0.4, -0.2) is 31.1 Å². The quantitative estimate of drug-likeness (QED) is 0.711. The topological polar surface area (TPSA) is 29.5 Å². The van der Waals surface area contributed by atoms with E-state index in [1.165, 1.54) is 18.2 Å². The molecule has 0 amide bonds. The Hall–Kier alpha value is -2.20. The van der Waals surface area contributed by atoms with Gasteiger partial charge in [0.1, 0.15) is 5.82 Å². The molecule has 0 bridgehead atoms. The molecule has 5 rings (SSSR count). The van der Waals surface area contributed by atoms with Gasteiger partial charge in [-0.3, -0.25) is 9.69 Å². The molecule has 1 saturated heterocycles. The standard InChI is InChI=1S/C24H26FNO2/c1-28-24(27)19-10-11-26(14-19)23-9-6-18-12-16(5-8-21(18)23)17-4-7-20(15-2-3-15)22(25)13-17/h4-5,7-8,12-13,15,19,23H,2-3,6,9-11,14H2,1H3/t19-,23?/m1/s1. The molecule has 3 aliphatic rings. The molecule has 2 aliphatic carbocycles. The largest absolute Gasteiger partial charge is 0.469 e. The van der Waals surface area contributed by atoms with Crippen LogP contribution in [0.1, 0.15) is 54.3 Å². The second-order valence-electron chi connectivity index (χ2n) is 8.48. The third-order valence-corrected chi connectivity index (χ3v) is 6.74. The van der Waals surface area contributed by atoms with Crippen molar-refractivity contribution >= 4 is 5.97 Å². The minimum Gasteiger partial charge on any atom is -0.469 e. The summed E-state index contributed by atoms with van der Waals surface area (Å²) in [5.41, 5.74) is 5.65. The number of esters is 1. The molecule has 3 nitrogen and oxygen atoms in total. The van der Waals surface area contributed by atoms with Gasteiger partial charge in [-0.1, -0.05) is 30.3 Å². The fourth-order valence-corrected chi connectivity index (χ4v) is 5.02. The van der Waals surface area contributed by atoms with Crippen LogP contribution < -0.4 is 0 Å². The Kier molecular flexibility index (Phi) is 4.47. The predicted molar refractivity (Wildman–Crippen MR) is 107 cm³/mol. The monoisotopic (exact) mass is 379 g/mol. The van der Waals surface area contributed by atoms with Gasteiger partial charge >= 0.3 is 5.97 Å². The average molecular weight is 379 g/mol. The molecule has 2 atom stereocenters. The highest BCUT2D eigenvalue weighted by Crippen LogP contribution is 2.43. The number of carbonyl (C=O) groups excluding carboxylic acids is 1. The van der Waals surface area contributed by atoms with Gasteiger partial charge in [-0.05, 0) is 78.5 Å². The number of aryl methyl sites for hydroxylation is 1. The molecule has 28 heavy (non-hydrogen) atoms. The van der Waals surface area contributed by atoms with Crippen molar-refractivity contribution < 1.29 is 13.9 Å². The number of halogens is 1. The predicted octanol–water partition coefficient (Wildman–Crippen LogP) is 4.85. The molecular weight excluding hydrogens is 353 g/mol. The molecule has 0 N–H and O–H groups in total. The molecule has 1 saturated carbocycles. The number of likely N-dealkylation sites (tertiary alicyclic amines) is 1. The number of methoxy groups -OCH3 is 1. The molecule has 1 aliphatic heterocycles. The van der Waals surface area contributed by atoms with E-state index in [1.54, 1.807) is 6.07 Å². The van der Waals surface area contributed by atoms with Crippen LogP contribution in [0.25, 0.3) is 11.1 Å². The molecule has 146 valence electrons. The van der Waals surface area contributed by atoms with Gasteiger partial charge in [-0.15, -0.1) is 0 Å². The van der Waals surface area contributed by atoms with Gasteiger partial charge in [0.05, 0.1) is 13.0 Å². The zero-order valence-electron chi connectivity index (χ0n) is 16.3. The third-order valence-electron chi connectivity index (χ3n) is 6.74. The van der Waals surface area contributed by atoms with E-state index in [0.717, 1.165) is 61.9 Å². The van der Waals surface area contributed by atoms with E-state index in [-0.39, 0.29) is 17.7 Å². The Morgan fingerprint density at radius 3 is 2.50 bits per heavy atom. The van der Waals surface area contributed by atoms with E-state index in [0.29, 0.717) is 12.0 Å². The Morgan fingerprint density at radius 2 is 1.79 bits per heavy atom. The number of hydrogen-bond donors (Lipinski definition) is 0. The number of hydrogen-bond acceptors (Lipinski definition) is 3. The highest BCUT2D eigenvalue weighted by molar-refractivity contribution is 5.73. The fourth-order valence-electron chi connectivity index (χ4n) is 5.02. The SMILES string of the molecule is COC(=O)[C@@H]1CCN(C2CCc3cc(-c4ccc(C5CC5)c(F)c4)ccc32)C1. The first kappa shape index (κ1) is 17.9. The number of fused-ring (bicyclic) bond motifs is 1. The van der Waals surface area contributed by atoms with Crippen molar-refractivity contribution in [2.45, 2.75) is 44.1 Å². The van der Waals surface area contributed by atoms with Crippen LogP contribution in [0, 0.1) is 11.7 Å². The lowest BCUT2D eigenvalue weighted by Gasteiger charge is -2.24. The Bertz CT molecular complexity index is 921. The normalized spacial score (nSPS) is 24.4. The Morgan fingerprint density at radius 1 is 1.04 bits per heavy atom. The first-order valence-electron chi connectivity index (χ1n) is 10.4. The number of ether oxygens (including phenoxy) is 1. The summed E-state index contributed by atoms with van der Waals surface area (Å²) in [6.07, 6.45) is 5.23. The van der Waals surface area contributed by atoms with Crippen molar-refractivity contribution in [3.63, 3.8) is 0 Å². The molecule has 2 aromatic carbocycles. The highest BCUT2D eigenvalue weighted by Gasteiger charge is 2.36. The number of nitrogens with zero attached hydrogens (tertiary/aromatic N) is 1. The summed E-state index contributed by atoms with van der Waals surface area (Å²) in [5.74, 6) is 0.280. The van der Waals surface area contributed by atoms with Gasteiger partial charge in [0.2, 0.25) is 0 Å². The number of carbonyl (C=O) groups is 1. The summed E-state index contributed by atoms with van der Waals surface area (Å²) in [5, 5.41) is 0. The molecule has 0 aromatic heterocycles. The lowest BCUT2D eigenvalue weighted by atomic mass is 9.97. The molecule has 2 fully saturated rings. The van der Waals surface area contributed by atoms with Crippen molar-refractivity contribution in [2.75, 3.05) is 20.2 Å². The maximum Gasteiger partial charge on any atom is 0.310 e. The van der Waals surface area contributed by atoms with E-state index in [1.807, 2.05) is 6.07 Å². The fraction of sp³-hybridized carbons (Fsp3) is 0.458. The molecule has 1 heterocycles. The molecule has 2 aromatic rings. The lowest BCUT2D eigenvalue weighted by molar-refractivity contribution is -0.145. The van der Waals surface area contributed by atoms with Crippen LogP contribution in [0.15, 0.2) is 36.4 Å². The van der Waals surface area contributed by atoms with E-state index in [2.05, 4.69) is 29.2 Å². The maximum atomic E-state index is 14.5. The van der Waals surface area contributed by atoms with Gasteiger partial charge in [-0.25, -0.2) is 4.39 Å². The maximum absolute atomic E-state index is 14.5. The number of benzene rings is 2. The van der Waals surface area contributed by atoms with Gasteiger partial charge in [0, 0.05) is 12.6 Å². The minimum atomic E-state index is -0.0901. The highest BCUT2D eigenvalue weighted by atomic mass is 19.1. The van der Waals surface area contributed by atoms with Crippen LogP contribution in [0.4, 0.5) is 4.39 Å². The molecule has 0 radical (unpaired) electrons. The van der Waals surface area contributed by atoms with Gasteiger partial charge in [0.25, 0.3) is 0 Å². The summed E-state index contributed by atoms with van der Waals surface area (Å²) in [7, 11) is 1.47. The minimum absolute atomic E-state index is 0.00119.